The second-order valence-corrected chi connectivity index (χ2v) is 6.64. The molecule has 0 bridgehead atoms. The maximum Gasteiger partial charge on any atom is 0.251 e. The molecule has 1 unspecified atom stereocenters. The molecule has 0 fully saturated rings. The number of hydrogen-bond donors (Lipinski definition) is 1. The molecule has 0 spiro atoms. The molecule has 1 amide bonds. The zero-order valence-electron chi connectivity index (χ0n) is 19.4. The number of rotatable bonds is 6. The van der Waals surface area contributed by atoms with E-state index in [2.05, 4.69) is 22.4 Å². The molecule has 0 radical (unpaired) electrons. The molecule has 4 heteroatoms. The summed E-state index contributed by atoms with van der Waals surface area (Å²) in [6, 6.07) is 27.7. The van der Waals surface area contributed by atoms with Crippen LogP contribution in [0.15, 0.2) is 104 Å². The van der Waals surface area contributed by atoms with Crippen LogP contribution in [-0.4, -0.2) is 15.5 Å². The normalized spacial score (nSPS) is 10.6. The summed E-state index contributed by atoms with van der Waals surface area (Å²) in [6.07, 6.45) is 5.40. The fourth-order valence-electron chi connectivity index (χ4n) is 3.21. The third-order valence-electron chi connectivity index (χ3n) is 4.71. The van der Waals surface area contributed by atoms with E-state index in [9.17, 15) is 4.79 Å². The third kappa shape index (κ3) is 6.95. The molecule has 1 atom stereocenters. The highest BCUT2D eigenvalue weighted by Gasteiger charge is 2.16. The van der Waals surface area contributed by atoms with Gasteiger partial charge in [0.2, 0.25) is 0 Å². The van der Waals surface area contributed by atoms with Crippen LogP contribution in [0.4, 0.5) is 0 Å². The Bertz CT molecular complexity index is 1010. The van der Waals surface area contributed by atoms with Crippen LogP contribution in [0.5, 0.6) is 0 Å². The van der Waals surface area contributed by atoms with E-state index < -0.39 is 0 Å². The minimum Gasteiger partial charge on any atom is -0.343 e. The Balaban J connectivity index is 0.000000860. The second-order valence-electron chi connectivity index (χ2n) is 6.64. The number of imidazole rings is 1. The van der Waals surface area contributed by atoms with E-state index in [4.69, 9.17) is 0 Å². The van der Waals surface area contributed by atoms with Crippen molar-refractivity contribution in [2.24, 2.45) is 0 Å². The fraction of sp³-hybridized carbons (Fsp3) is 0.214. The van der Waals surface area contributed by atoms with Crippen LogP contribution in [0.1, 0.15) is 49.7 Å². The standard InChI is InChI=1S/C24H21N3O.2C2H6/c28-24(22-13-11-20(12-14-22)19-7-3-1-4-8-19)26-23(17-27-16-15-25-18-27)21-9-5-2-6-10-21;2*1-2/h1-16,18,23H,17H2,(H,26,28);2*1-2H3. The van der Waals surface area contributed by atoms with Crippen molar-refractivity contribution in [3.63, 3.8) is 0 Å². The number of hydrogen-bond acceptors (Lipinski definition) is 2. The van der Waals surface area contributed by atoms with Crippen molar-refractivity contribution in [3.05, 3.63) is 115 Å². The van der Waals surface area contributed by atoms with Gasteiger partial charge in [0.1, 0.15) is 0 Å². The Labute approximate surface area is 192 Å². The van der Waals surface area contributed by atoms with Gasteiger partial charge >= 0.3 is 0 Å². The minimum atomic E-state index is -0.142. The molecule has 0 aliphatic heterocycles. The van der Waals surface area contributed by atoms with Crippen LogP contribution < -0.4 is 5.32 Å². The largest absolute Gasteiger partial charge is 0.343 e. The molecule has 32 heavy (non-hydrogen) atoms. The Morgan fingerprint density at radius 3 is 1.94 bits per heavy atom. The van der Waals surface area contributed by atoms with Crippen molar-refractivity contribution >= 4 is 5.91 Å². The van der Waals surface area contributed by atoms with Crippen molar-refractivity contribution in [1.82, 2.24) is 14.9 Å². The summed E-state index contributed by atoms with van der Waals surface area (Å²) in [6.45, 7) is 8.62. The molecule has 0 aliphatic rings. The average Bonchev–Trinajstić information content (AvgIpc) is 3.40. The van der Waals surface area contributed by atoms with Gasteiger partial charge in [-0.25, -0.2) is 4.98 Å². The van der Waals surface area contributed by atoms with E-state index in [-0.39, 0.29) is 11.9 Å². The van der Waals surface area contributed by atoms with E-state index in [1.54, 1.807) is 12.5 Å². The molecule has 4 aromatic rings. The summed E-state index contributed by atoms with van der Waals surface area (Å²) in [7, 11) is 0. The molecule has 166 valence electrons. The molecule has 3 aromatic carbocycles. The lowest BCUT2D eigenvalue weighted by Crippen LogP contribution is -2.31. The molecule has 1 N–H and O–H groups in total. The van der Waals surface area contributed by atoms with Gasteiger partial charge in [0.05, 0.1) is 12.4 Å². The summed E-state index contributed by atoms with van der Waals surface area (Å²) >= 11 is 0. The Morgan fingerprint density at radius 1 is 0.812 bits per heavy atom. The lowest BCUT2D eigenvalue weighted by molar-refractivity contribution is 0.0932. The third-order valence-corrected chi connectivity index (χ3v) is 4.71. The predicted octanol–water partition coefficient (Wildman–Crippen LogP) is 6.77. The Hall–Kier alpha value is -3.66. The maximum atomic E-state index is 12.9. The number of carbonyl (C=O) groups is 1. The molecule has 0 saturated heterocycles. The van der Waals surface area contributed by atoms with Gasteiger partial charge in [-0.1, -0.05) is 100 Å². The zero-order valence-corrected chi connectivity index (χ0v) is 19.4. The fourth-order valence-corrected chi connectivity index (χ4v) is 3.21. The van der Waals surface area contributed by atoms with Crippen molar-refractivity contribution in [2.45, 2.75) is 40.3 Å². The minimum absolute atomic E-state index is 0.0893. The summed E-state index contributed by atoms with van der Waals surface area (Å²) in [4.78, 5) is 17.0. The maximum absolute atomic E-state index is 12.9. The Kier molecular flexibility index (Phi) is 10.5. The first kappa shape index (κ1) is 24.6. The SMILES string of the molecule is CC.CC.O=C(NC(Cn1ccnc1)c1ccccc1)c1ccc(-c2ccccc2)cc1. The average molecular weight is 428 g/mol. The topological polar surface area (TPSA) is 46.9 Å². The van der Waals surface area contributed by atoms with E-state index >= 15 is 0 Å². The van der Waals surface area contributed by atoms with Crippen LogP contribution in [0.3, 0.4) is 0 Å². The van der Waals surface area contributed by atoms with Crippen LogP contribution in [0, 0.1) is 0 Å². The van der Waals surface area contributed by atoms with Crippen molar-refractivity contribution < 1.29 is 4.79 Å². The number of carbonyl (C=O) groups excluding carboxylic acids is 1. The van der Waals surface area contributed by atoms with Gasteiger partial charge in [0.15, 0.2) is 0 Å². The van der Waals surface area contributed by atoms with Gasteiger partial charge in [0.25, 0.3) is 5.91 Å². The summed E-state index contributed by atoms with van der Waals surface area (Å²) in [5.74, 6) is -0.0893. The summed E-state index contributed by atoms with van der Waals surface area (Å²) < 4.78 is 1.97. The molecular formula is C28H33N3O. The molecule has 0 aliphatic carbocycles. The first-order chi connectivity index (χ1) is 15.8. The lowest BCUT2D eigenvalue weighted by Gasteiger charge is -2.20. The second kappa shape index (κ2) is 13.6. The molecule has 0 saturated carbocycles. The first-order valence-corrected chi connectivity index (χ1v) is 11.3. The predicted molar refractivity (Wildman–Crippen MR) is 133 cm³/mol. The quantitative estimate of drug-likeness (QED) is 0.369. The highest BCUT2D eigenvalue weighted by molar-refractivity contribution is 5.95. The molecule has 1 aromatic heterocycles. The number of nitrogens with zero attached hydrogens (tertiary/aromatic N) is 2. The van der Waals surface area contributed by atoms with Gasteiger partial charge in [-0.05, 0) is 28.8 Å². The number of aromatic nitrogens is 2. The zero-order chi connectivity index (χ0) is 23.2. The summed E-state index contributed by atoms with van der Waals surface area (Å²) in [5.41, 5.74) is 3.93. The van der Waals surface area contributed by atoms with Crippen molar-refractivity contribution in [3.8, 4) is 11.1 Å². The molecule has 4 nitrogen and oxygen atoms in total. The van der Waals surface area contributed by atoms with E-state index in [0.717, 1.165) is 16.7 Å². The number of benzene rings is 3. The van der Waals surface area contributed by atoms with Crippen LogP contribution in [0.2, 0.25) is 0 Å². The highest BCUT2D eigenvalue weighted by atomic mass is 16.1. The summed E-state index contributed by atoms with van der Waals surface area (Å²) in [5, 5.41) is 3.16. The van der Waals surface area contributed by atoms with Crippen molar-refractivity contribution in [2.75, 3.05) is 0 Å². The van der Waals surface area contributed by atoms with Crippen molar-refractivity contribution in [1.29, 1.82) is 0 Å². The molecular weight excluding hydrogens is 394 g/mol. The van der Waals surface area contributed by atoms with Gasteiger partial charge < -0.3 is 9.88 Å². The van der Waals surface area contributed by atoms with Crippen LogP contribution in [-0.2, 0) is 6.54 Å². The lowest BCUT2D eigenvalue weighted by atomic mass is 10.0. The number of nitrogens with one attached hydrogen (secondary N) is 1. The smallest absolute Gasteiger partial charge is 0.251 e. The van der Waals surface area contributed by atoms with Gasteiger partial charge in [-0.3, -0.25) is 4.79 Å². The van der Waals surface area contributed by atoms with Gasteiger partial charge in [-0.15, -0.1) is 0 Å². The first-order valence-electron chi connectivity index (χ1n) is 11.3. The van der Waals surface area contributed by atoms with Crippen LogP contribution >= 0.6 is 0 Å². The van der Waals surface area contributed by atoms with Gasteiger partial charge in [0, 0.05) is 24.5 Å². The van der Waals surface area contributed by atoms with Crippen LogP contribution in [0.25, 0.3) is 11.1 Å². The van der Waals surface area contributed by atoms with E-state index in [1.165, 1.54) is 0 Å². The monoisotopic (exact) mass is 427 g/mol. The Morgan fingerprint density at radius 2 is 1.38 bits per heavy atom. The number of amides is 1. The molecule has 1 heterocycles. The van der Waals surface area contributed by atoms with E-state index in [0.29, 0.717) is 12.1 Å². The van der Waals surface area contributed by atoms with E-state index in [1.807, 2.05) is 111 Å². The van der Waals surface area contributed by atoms with Gasteiger partial charge in [-0.2, -0.15) is 0 Å². The highest BCUT2D eigenvalue weighted by Crippen LogP contribution is 2.20. The molecule has 4 rings (SSSR count).